The van der Waals surface area contributed by atoms with Crippen LogP contribution in [0.4, 0.5) is 5.82 Å². The molecule has 0 aliphatic heterocycles. The van der Waals surface area contributed by atoms with E-state index in [1.165, 1.54) is 0 Å². The van der Waals surface area contributed by atoms with Gasteiger partial charge in [-0.3, -0.25) is 0 Å². The van der Waals surface area contributed by atoms with E-state index in [2.05, 4.69) is 34.3 Å². The molecule has 4 aromatic rings. The molecule has 1 unspecified atom stereocenters. The number of H-pyrrole nitrogens is 1. The van der Waals surface area contributed by atoms with Crippen molar-refractivity contribution in [2.24, 2.45) is 0 Å². The summed E-state index contributed by atoms with van der Waals surface area (Å²) >= 11 is 12.7. The molecule has 130 valence electrons. The topological polar surface area (TPSA) is 40.7 Å². The van der Waals surface area contributed by atoms with Crippen LogP contribution in [0.2, 0.25) is 10.0 Å². The Morgan fingerprint density at radius 1 is 1.00 bits per heavy atom. The molecular weight excluding hydrogens is 365 g/mol. The van der Waals surface area contributed by atoms with Gasteiger partial charge in [0.05, 0.1) is 6.04 Å². The van der Waals surface area contributed by atoms with Crippen molar-refractivity contribution in [3.05, 3.63) is 93.7 Å². The van der Waals surface area contributed by atoms with E-state index in [9.17, 15) is 0 Å². The van der Waals surface area contributed by atoms with Gasteiger partial charge in [-0.15, -0.1) is 0 Å². The number of halogens is 2. The van der Waals surface area contributed by atoms with E-state index in [-0.39, 0.29) is 6.04 Å². The Bertz CT molecular complexity index is 1060. The van der Waals surface area contributed by atoms with Gasteiger partial charge in [0.15, 0.2) is 0 Å². The van der Waals surface area contributed by atoms with Crippen molar-refractivity contribution in [1.82, 2.24) is 9.97 Å². The molecule has 0 radical (unpaired) electrons. The molecule has 0 saturated carbocycles. The number of nitrogens with zero attached hydrogens (tertiary/aromatic N) is 1. The molecule has 0 amide bonds. The average molecular weight is 382 g/mol. The normalized spacial score (nSPS) is 12.3. The van der Waals surface area contributed by atoms with E-state index in [0.29, 0.717) is 10.0 Å². The molecule has 5 heteroatoms. The fourth-order valence-electron chi connectivity index (χ4n) is 3.31. The van der Waals surface area contributed by atoms with Gasteiger partial charge in [0.2, 0.25) is 0 Å². The van der Waals surface area contributed by atoms with Crippen LogP contribution in [0, 0.1) is 6.92 Å². The lowest BCUT2D eigenvalue weighted by atomic mass is 9.96. The van der Waals surface area contributed by atoms with Gasteiger partial charge < -0.3 is 10.3 Å². The van der Waals surface area contributed by atoms with Crippen LogP contribution in [-0.2, 0) is 0 Å². The van der Waals surface area contributed by atoms with E-state index in [1.54, 1.807) is 12.3 Å². The molecule has 3 nitrogen and oxygen atoms in total. The highest BCUT2D eigenvalue weighted by Crippen LogP contribution is 2.37. The number of fused-ring (bicyclic) bond motifs is 1. The lowest BCUT2D eigenvalue weighted by molar-refractivity contribution is 0.922. The van der Waals surface area contributed by atoms with Crippen LogP contribution in [0.25, 0.3) is 10.9 Å². The van der Waals surface area contributed by atoms with E-state index < -0.39 is 0 Å². The summed E-state index contributed by atoms with van der Waals surface area (Å²) in [7, 11) is 0. The Hall–Kier alpha value is -2.49. The molecule has 1 atom stereocenters. The molecule has 0 bridgehead atoms. The summed E-state index contributed by atoms with van der Waals surface area (Å²) in [4.78, 5) is 7.88. The van der Waals surface area contributed by atoms with Crippen molar-refractivity contribution < 1.29 is 0 Å². The van der Waals surface area contributed by atoms with Crippen molar-refractivity contribution in [1.29, 1.82) is 0 Å². The SMILES string of the molecule is Cc1[nH]c2ccccc2c1C(Nc1ccccn1)c1ccc(Cl)cc1Cl. The first-order chi connectivity index (χ1) is 12.6. The molecule has 2 N–H and O–H groups in total. The minimum absolute atomic E-state index is 0.161. The Kier molecular flexibility index (Phi) is 4.58. The van der Waals surface area contributed by atoms with Crippen LogP contribution in [-0.4, -0.2) is 9.97 Å². The molecule has 4 rings (SSSR count). The van der Waals surface area contributed by atoms with E-state index in [0.717, 1.165) is 33.5 Å². The number of anilines is 1. The van der Waals surface area contributed by atoms with Crippen LogP contribution in [0.5, 0.6) is 0 Å². The molecule has 0 fully saturated rings. The predicted molar refractivity (Wildman–Crippen MR) is 109 cm³/mol. The average Bonchev–Trinajstić information content (AvgIpc) is 2.97. The summed E-state index contributed by atoms with van der Waals surface area (Å²) in [5.41, 5.74) is 4.29. The highest BCUT2D eigenvalue weighted by Gasteiger charge is 2.23. The molecule has 0 aliphatic carbocycles. The van der Waals surface area contributed by atoms with Gasteiger partial charge in [-0.05, 0) is 42.8 Å². The molecule has 0 aliphatic rings. The number of nitrogens with one attached hydrogen (secondary N) is 2. The number of aromatic amines is 1. The second-order valence-corrected chi connectivity index (χ2v) is 7.01. The second-order valence-electron chi connectivity index (χ2n) is 6.17. The Morgan fingerprint density at radius 2 is 1.81 bits per heavy atom. The Balaban J connectivity index is 1.91. The summed E-state index contributed by atoms with van der Waals surface area (Å²) in [5, 5.41) is 5.93. The van der Waals surface area contributed by atoms with Crippen LogP contribution in [0.15, 0.2) is 66.9 Å². The first kappa shape index (κ1) is 17.0. The quantitative estimate of drug-likeness (QED) is 0.430. The highest BCUT2D eigenvalue weighted by atomic mass is 35.5. The third-order valence-corrected chi connectivity index (χ3v) is 5.03. The van der Waals surface area contributed by atoms with Gasteiger partial charge in [-0.1, -0.05) is 53.5 Å². The van der Waals surface area contributed by atoms with Crippen molar-refractivity contribution in [3.63, 3.8) is 0 Å². The number of para-hydroxylation sites is 1. The van der Waals surface area contributed by atoms with Gasteiger partial charge in [0, 0.05) is 38.4 Å². The fraction of sp³-hybridized carbons (Fsp3) is 0.0952. The molecule has 26 heavy (non-hydrogen) atoms. The fourth-order valence-corrected chi connectivity index (χ4v) is 3.82. The van der Waals surface area contributed by atoms with Gasteiger partial charge in [-0.2, -0.15) is 0 Å². The smallest absolute Gasteiger partial charge is 0.126 e. The summed E-state index contributed by atoms with van der Waals surface area (Å²) in [5.74, 6) is 0.785. The van der Waals surface area contributed by atoms with Crippen molar-refractivity contribution in [2.45, 2.75) is 13.0 Å². The minimum atomic E-state index is -0.161. The Labute approximate surface area is 162 Å². The summed E-state index contributed by atoms with van der Waals surface area (Å²) < 4.78 is 0. The van der Waals surface area contributed by atoms with Crippen molar-refractivity contribution in [3.8, 4) is 0 Å². The molecular formula is C21H17Cl2N3. The van der Waals surface area contributed by atoms with E-state index >= 15 is 0 Å². The van der Waals surface area contributed by atoms with Crippen molar-refractivity contribution >= 4 is 39.9 Å². The monoisotopic (exact) mass is 381 g/mol. The number of aromatic nitrogens is 2. The lowest BCUT2D eigenvalue weighted by Gasteiger charge is -2.22. The maximum absolute atomic E-state index is 6.56. The zero-order valence-corrected chi connectivity index (χ0v) is 15.6. The summed E-state index contributed by atoms with van der Waals surface area (Å²) in [6.07, 6.45) is 1.77. The zero-order chi connectivity index (χ0) is 18.1. The number of aryl methyl sites for hydroxylation is 1. The largest absolute Gasteiger partial charge is 0.359 e. The summed E-state index contributed by atoms with van der Waals surface area (Å²) in [6, 6.07) is 19.5. The number of rotatable bonds is 4. The summed E-state index contributed by atoms with van der Waals surface area (Å²) in [6.45, 7) is 2.08. The standard InChI is InChI=1S/C21H17Cl2N3/c1-13-20(16-6-2-3-7-18(16)25-13)21(26-19-8-4-5-11-24-19)15-10-9-14(22)12-17(15)23/h2-12,21,25H,1H3,(H,24,26). The second kappa shape index (κ2) is 7.02. The highest BCUT2D eigenvalue weighted by molar-refractivity contribution is 6.35. The lowest BCUT2D eigenvalue weighted by Crippen LogP contribution is -2.14. The van der Waals surface area contributed by atoms with E-state index in [1.807, 2.05) is 42.5 Å². The Morgan fingerprint density at radius 3 is 2.58 bits per heavy atom. The van der Waals surface area contributed by atoms with Gasteiger partial charge >= 0.3 is 0 Å². The third-order valence-electron chi connectivity index (χ3n) is 4.46. The first-order valence-corrected chi connectivity index (χ1v) is 9.09. The van der Waals surface area contributed by atoms with Crippen LogP contribution in [0.3, 0.4) is 0 Å². The third kappa shape index (κ3) is 3.16. The maximum Gasteiger partial charge on any atom is 0.126 e. The number of hydrogen-bond donors (Lipinski definition) is 2. The zero-order valence-electron chi connectivity index (χ0n) is 14.1. The van der Waals surface area contributed by atoms with Crippen LogP contribution in [0.1, 0.15) is 22.9 Å². The van der Waals surface area contributed by atoms with Gasteiger partial charge in [0.25, 0.3) is 0 Å². The maximum atomic E-state index is 6.56. The molecule has 0 saturated heterocycles. The van der Waals surface area contributed by atoms with Crippen LogP contribution >= 0.6 is 23.2 Å². The van der Waals surface area contributed by atoms with E-state index in [4.69, 9.17) is 23.2 Å². The minimum Gasteiger partial charge on any atom is -0.359 e. The number of pyridine rings is 1. The molecule has 2 aromatic heterocycles. The van der Waals surface area contributed by atoms with Crippen LogP contribution < -0.4 is 5.32 Å². The molecule has 2 heterocycles. The molecule has 2 aromatic carbocycles. The first-order valence-electron chi connectivity index (χ1n) is 8.33. The number of hydrogen-bond acceptors (Lipinski definition) is 2. The number of benzene rings is 2. The predicted octanol–water partition coefficient (Wildman–Crippen LogP) is 6.38. The van der Waals surface area contributed by atoms with Gasteiger partial charge in [0.1, 0.15) is 5.82 Å². The molecule has 0 spiro atoms. The van der Waals surface area contributed by atoms with Crippen molar-refractivity contribution in [2.75, 3.05) is 5.32 Å². The van der Waals surface area contributed by atoms with Gasteiger partial charge in [-0.25, -0.2) is 4.98 Å².